The molecule has 3 nitrogen and oxygen atoms in total. The molecule has 0 aromatic heterocycles. The molecule has 0 bridgehead atoms. The van der Waals surface area contributed by atoms with Crippen molar-refractivity contribution in [1.82, 2.24) is 0 Å². The minimum absolute atomic E-state index is 0.185. The number of halogens is 4. The van der Waals surface area contributed by atoms with E-state index in [1.807, 2.05) is 4.72 Å². The summed E-state index contributed by atoms with van der Waals surface area (Å²) in [6.07, 6.45) is -4.88. The van der Waals surface area contributed by atoms with E-state index in [1.165, 1.54) is 24.3 Å². The first kappa shape index (κ1) is 16.3. The van der Waals surface area contributed by atoms with Gasteiger partial charge >= 0.3 is 6.18 Å². The molecule has 0 aliphatic carbocycles. The van der Waals surface area contributed by atoms with Crippen molar-refractivity contribution >= 4 is 15.7 Å². The van der Waals surface area contributed by atoms with Crippen LogP contribution in [0.15, 0.2) is 47.4 Å². The zero-order valence-electron chi connectivity index (χ0n) is 11.3. The Morgan fingerprint density at radius 3 is 2.14 bits per heavy atom. The van der Waals surface area contributed by atoms with Crippen LogP contribution in [0.4, 0.5) is 23.2 Å². The topological polar surface area (TPSA) is 46.2 Å². The summed E-state index contributed by atoms with van der Waals surface area (Å²) in [6.45, 7) is 1.74. The summed E-state index contributed by atoms with van der Waals surface area (Å²) in [6, 6.07) is 7.32. The largest absolute Gasteiger partial charge is 0.418 e. The van der Waals surface area contributed by atoms with Gasteiger partial charge in [-0.2, -0.15) is 13.2 Å². The van der Waals surface area contributed by atoms with Gasteiger partial charge in [-0.15, -0.1) is 0 Å². The maximum absolute atomic E-state index is 13.0. The Morgan fingerprint density at radius 2 is 1.59 bits per heavy atom. The van der Waals surface area contributed by atoms with E-state index in [0.29, 0.717) is 0 Å². The van der Waals surface area contributed by atoms with E-state index in [4.69, 9.17) is 0 Å². The molecule has 0 amide bonds. The number of sulfonamides is 1. The normalized spacial score (nSPS) is 12.2. The van der Waals surface area contributed by atoms with Gasteiger partial charge in [0.1, 0.15) is 5.82 Å². The number of alkyl halides is 3. The van der Waals surface area contributed by atoms with Crippen LogP contribution in [0.3, 0.4) is 0 Å². The van der Waals surface area contributed by atoms with E-state index in [9.17, 15) is 26.0 Å². The second kappa shape index (κ2) is 5.60. The van der Waals surface area contributed by atoms with Crippen molar-refractivity contribution in [3.05, 3.63) is 59.4 Å². The molecule has 0 radical (unpaired) electrons. The van der Waals surface area contributed by atoms with Crippen LogP contribution in [-0.2, 0) is 16.2 Å². The molecule has 0 heterocycles. The highest BCUT2D eigenvalue weighted by Gasteiger charge is 2.35. The summed E-state index contributed by atoms with van der Waals surface area (Å²) < 4.78 is 77.6. The second-order valence-corrected chi connectivity index (χ2v) is 6.29. The molecule has 0 atom stereocenters. The van der Waals surface area contributed by atoms with Gasteiger partial charge in [0, 0.05) is 0 Å². The van der Waals surface area contributed by atoms with Crippen molar-refractivity contribution in [2.24, 2.45) is 0 Å². The molecule has 0 fully saturated rings. The SMILES string of the molecule is Cc1ccc(S(=O)(=O)Nc2ccc(F)cc2C(F)(F)F)cc1. The first-order valence-electron chi connectivity index (χ1n) is 6.06. The average Bonchev–Trinajstić information content (AvgIpc) is 2.40. The van der Waals surface area contributed by atoms with Gasteiger partial charge in [-0.3, -0.25) is 4.72 Å². The Labute approximate surface area is 124 Å². The third-order valence-corrected chi connectivity index (χ3v) is 4.24. The van der Waals surface area contributed by atoms with Crippen molar-refractivity contribution in [3.8, 4) is 0 Å². The van der Waals surface area contributed by atoms with Crippen LogP contribution >= 0.6 is 0 Å². The maximum atomic E-state index is 13.0. The van der Waals surface area contributed by atoms with Crippen molar-refractivity contribution in [2.75, 3.05) is 4.72 Å². The number of anilines is 1. The number of rotatable bonds is 3. The van der Waals surface area contributed by atoms with Crippen molar-refractivity contribution < 1.29 is 26.0 Å². The Bertz CT molecular complexity index is 783. The fraction of sp³-hybridized carbons (Fsp3) is 0.143. The molecule has 22 heavy (non-hydrogen) atoms. The molecule has 2 aromatic carbocycles. The van der Waals surface area contributed by atoms with Gasteiger partial charge in [-0.1, -0.05) is 17.7 Å². The molecule has 0 saturated heterocycles. The molecule has 8 heteroatoms. The summed E-state index contributed by atoms with van der Waals surface area (Å²) in [7, 11) is -4.20. The zero-order chi connectivity index (χ0) is 16.5. The van der Waals surface area contributed by atoms with Crippen LogP contribution in [0.5, 0.6) is 0 Å². The fourth-order valence-corrected chi connectivity index (χ4v) is 2.84. The molecular weight excluding hydrogens is 322 g/mol. The fourth-order valence-electron chi connectivity index (χ4n) is 1.76. The predicted molar refractivity (Wildman–Crippen MR) is 73.4 cm³/mol. The molecule has 0 spiro atoms. The Morgan fingerprint density at radius 1 is 1.00 bits per heavy atom. The van der Waals surface area contributed by atoms with Crippen LogP contribution in [-0.4, -0.2) is 8.42 Å². The van der Waals surface area contributed by atoms with Gasteiger partial charge < -0.3 is 0 Å². The Balaban J connectivity index is 2.44. The highest BCUT2D eigenvalue weighted by molar-refractivity contribution is 7.92. The average molecular weight is 333 g/mol. The number of hydrogen-bond acceptors (Lipinski definition) is 2. The van der Waals surface area contributed by atoms with Crippen LogP contribution in [0.25, 0.3) is 0 Å². The van der Waals surface area contributed by atoms with E-state index < -0.39 is 33.3 Å². The molecule has 0 aliphatic rings. The lowest BCUT2D eigenvalue weighted by Crippen LogP contribution is -2.17. The van der Waals surface area contributed by atoms with E-state index in [0.717, 1.165) is 17.7 Å². The number of aryl methyl sites for hydroxylation is 1. The Kier molecular flexibility index (Phi) is 4.15. The molecule has 0 unspecified atom stereocenters. The quantitative estimate of drug-likeness (QED) is 0.865. The van der Waals surface area contributed by atoms with Gasteiger partial charge in [0.25, 0.3) is 10.0 Å². The first-order chi connectivity index (χ1) is 10.1. The lowest BCUT2D eigenvalue weighted by molar-refractivity contribution is -0.137. The summed E-state index contributed by atoms with van der Waals surface area (Å²) in [5.74, 6) is -1.11. The Hall–Kier alpha value is -2.09. The van der Waals surface area contributed by atoms with Gasteiger partial charge in [0.15, 0.2) is 0 Å². The smallest absolute Gasteiger partial charge is 0.279 e. The molecule has 0 aliphatic heterocycles. The van der Waals surface area contributed by atoms with Crippen LogP contribution in [0.2, 0.25) is 0 Å². The number of nitrogens with one attached hydrogen (secondary N) is 1. The summed E-state index contributed by atoms with van der Waals surface area (Å²) in [5.41, 5.74) is -1.31. The van der Waals surface area contributed by atoms with Gasteiger partial charge in [-0.05, 0) is 37.3 Å². The van der Waals surface area contributed by atoms with Gasteiger partial charge in [-0.25, -0.2) is 12.8 Å². The van der Waals surface area contributed by atoms with Gasteiger partial charge in [0.05, 0.1) is 16.1 Å². The molecule has 1 N–H and O–H groups in total. The third kappa shape index (κ3) is 3.56. The molecular formula is C14H11F4NO2S. The molecule has 0 saturated carbocycles. The second-order valence-electron chi connectivity index (χ2n) is 4.61. The van der Waals surface area contributed by atoms with E-state index in [-0.39, 0.29) is 11.0 Å². The number of hydrogen-bond donors (Lipinski definition) is 1. The number of benzene rings is 2. The van der Waals surface area contributed by atoms with Crippen molar-refractivity contribution in [1.29, 1.82) is 0 Å². The zero-order valence-corrected chi connectivity index (χ0v) is 12.1. The van der Waals surface area contributed by atoms with Crippen LogP contribution < -0.4 is 4.72 Å². The highest BCUT2D eigenvalue weighted by atomic mass is 32.2. The molecule has 118 valence electrons. The van der Waals surface area contributed by atoms with Gasteiger partial charge in [0.2, 0.25) is 0 Å². The molecule has 2 rings (SSSR count). The summed E-state index contributed by atoms with van der Waals surface area (Å²) in [4.78, 5) is -0.185. The standard InChI is InChI=1S/C14H11F4NO2S/c1-9-2-5-11(6-3-9)22(20,21)19-13-7-4-10(15)8-12(13)14(16,17)18/h2-8,19H,1H3. The third-order valence-electron chi connectivity index (χ3n) is 2.86. The predicted octanol–water partition coefficient (Wildman–Crippen LogP) is 3.95. The van der Waals surface area contributed by atoms with Crippen LogP contribution in [0.1, 0.15) is 11.1 Å². The lowest BCUT2D eigenvalue weighted by Gasteiger charge is -2.15. The first-order valence-corrected chi connectivity index (χ1v) is 7.54. The lowest BCUT2D eigenvalue weighted by atomic mass is 10.2. The summed E-state index contributed by atoms with van der Waals surface area (Å²) >= 11 is 0. The summed E-state index contributed by atoms with van der Waals surface area (Å²) in [5, 5.41) is 0. The maximum Gasteiger partial charge on any atom is 0.418 e. The van der Waals surface area contributed by atoms with Crippen LogP contribution in [0, 0.1) is 12.7 Å². The highest BCUT2D eigenvalue weighted by Crippen LogP contribution is 2.36. The van der Waals surface area contributed by atoms with Crippen molar-refractivity contribution in [3.63, 3.8) is 0 Å². The minimum atomic E-state index is -4.88. The van der Waals surface area contributed by atoms with E-state index >= 15 is 0 Å². The van der Waals surface area contributed by atoms with E-state index in [1.54, 1.807) is 6.92 Å². The molecule has 2 aromatic rings. The minimum Gasteiger partial charge on any atom is -0.279 e. The monoisotopic (exact) mass is 333 g/mol. The van der Waals surface area contributed by atoms with Crippen molar-refractivity contribution in [2.45, 2.75) is 18.0 Å². The van der Waals surface area contributed by atoms with E-state index in [2.05, 4.69) is 0 Å².